The second-order valence-corrected chi connectivity index (χ2v) is 8.76. The molecule has 1 amide bonds. The average molecular weight is 523 g/mol. The Morgan fingerprint density at radius 2 is 1.69 bits per heavy atom. The zero-order valence-corrected chi connectivity index (χ0v) is 19.9. The molecule has 1 N–H and O–H groups in total. The van der Waals surface area contributed by atoms with Crippen molar-refractivity contribution in [2.75, 3.05) is 14.2 Å². The number of rotatable bonds is 9. The molecule has 0 atom stereocenters. The van der Waals surface area contributed by atoms with Gasteiger partial charge in [0.1, 0.15) is 22.1 Å². The molecule has 0 bridgehead atoms. The van der Waals surface area contributed by atoms with Gasteiger partial charge in [0.05, 0.1) is 32.4 Å². The molecule has 8 nitrogen and oxygen atoms in total. The van der Waals surface area contributed by atoms with Gasteiger partial charge >= 0.3 is 16.3 Å². The number of nitrogens with zero attached hydrogens (tertiary/aromatic N) is 1. The fourth-order valence-electron chi connectivity index (χ4n) is 3.09. The van der Waals surface area contributed by atoms with Gasteiger partial charge in [-0.25, -0.2) is 5.43 Å². The first-order chi connectivity index (χ1) is 17.0. The van der Waals surface area contributed by atoms with Gasteiger partial charge in [-0.2, -0.15) is 26.7 Å². The monoisotopic (exact) mass is 522 g/mol. The number of halogens is 3. The van der Waals surface area contributed by atoms with Crippen molar-refractivity contribution in [3.63, 3.8) is 0 Å². The zero-order valence-electron chi connectivity index (χ0n) is 19.1. The fourth-order valence-corrected chi connectivity index (χ4v) is 4.17. The second-order valence-electron chi connectivity index (χ2n) is 7.25. The number of hydrogen-bond donors (Lipinski definition) is 1. The van der Waals surface area contributed by atoms with E-state index in [1.54, 1.807) is 24.3 Å². The summed E-state index contributed by atoms with van der Waals surface area (Å²) in [6.07, 6.45) is -4.10. The number of carbonyl (C=O) groups excluding carboxylic acids is 1. The maximum Gasteiger partial charge on any atom is 0.416 e. The molecule has 3 aromatic carbocycles. The molecule has 0 saturated heterocycles. The van der Waals surface area contributed by atoms with Crippen molar-refractivity contribution < 1.29 is 40.0 Å². The maximum absolute atomic E-state index is 13.2. The van der Waals surface area contributed by atoms with Crippen LogP contribution in [0.1, 0.15) is 16.7 Å². The van der Waals surface area contributed by atoms with E-state index < -0.39 is 38.2 Å². The first-order valence-electron chi connectivity index (χ1n) is 10.3. The standard InChI is InChI=1S/C24H21F3N2O6S/c1-33-20-10-8-16(21(14-20)34-2)13-23(30)29-28-15-17-12-18(24(25,26)27)9-11-22(17)36(31,32)35-19-6-4-3-5-7-19/h3-12,14-15H,13H2,1-2H3,(H,29,30). The van der Waals surface area contributed by atoms with Gasteiger partial charge in [0.15, 0.2) is 0 Å². The van der Waals surface area contributed by atoms with E-state index in [9.17, 15) is 26.4 Å². The van der Waals surface area contributed by atoms with Crippen LogP contribution in [0.15, 0.2) is 76.7 Å². The summed E-state index contributed by atoms with van der Waals surface area (Å²) in [6, 6.07) is 14.3. The van der Waals surface area contributed by atoms with E-state index in [1.807, 2.05) is 0 Å². The molecule has 190 valence electrons. The molecule has 0 aliphatic rings. The molecule has 0 aliphatic carbocycles. The van der Waals surface area contributed by atoms with E-state index in [1.165, 1.54) is 38.5 Å². The van der Waals surface area contributed by atoms with E-state index in [2.05, 4.69) is 10.5 Å². The van der Waals surface area contributed by atoms with Crippen LogP contribution in [0.2, 0.25) is 0 Å². The summed E-state index contributed by atoms with van der Waals surface area (Å²) in [5.41, 5.74) is 1.15. The van der Waals surface area contributed by atoms with Gasteiger partial charge in [-0.3, -0.25) is 4.79 Å². The van der Waals surface area contributed by atoms with E-state index in [4.69, 9.17) is 13.7 Å². The number of benzene rings is 3. The summed E-state index contributed by atoms with van der Waals surface area (Å²) in [6.45, 7) is 0. The zero-order chi connectivity index (χ0) is 26.3. The molecule has 0 aliphatic heterocycles. The third kappa shape index (κ3) is 6.75. The molecule has 0 spiro atoms. The molecular formula is C24H21F3N2O6S. The lowest BCUT2D eigenvalue weighted by molar-refractivity contribution is -0.137. The Morgan fingerprint density at radius 3 is 2.33 bits per heavy atom. The summed E-state index contributed by atoms with van der Waals surface area (Å²) in [4.78, 5) is 11.8. The minimum Gasteiger partial charge on any atom is -0.497 e. The highest BCUT2D eigenvalue weighted by Gasteiger charge is 2.32. The quantitative estimate of drug-likeness (QED) is 0.257. The lowest BCUT2D eigenvalue weighted by atomic mass is 10.1. The van der Waals surface area contributed by atoms with Crippen LogP contribution >= 0.6 is 0 Å². The summed E-state index contributed by atoms with van der Waals surface area (Å²) in [7, 11) is -1.63. The summed E-state index contributed by atoms with van der Waals surface area (Å²) < 4.78 is 80.6. The van der Waals surface area contributed by atoms with Gasteiger partial charge in [-0.15, -0.1) is 0 Å². The summed E-state index contributed by atoms with van der Waals surface area (Å²) in [5, 5.41) is 3.65. The van der Waals surface area contributed by atoms with E-state index in [0.29, 0.717) is 29.2 Å². The highest BCUT2D eigenvalue weighted by molar-refractivity contribution is 7.87. The third-order valence-corrected chi connectivity index (χ3v) is 6.12. The number of alkyl halides is 3. The molecule has 3 aromatic rings. The van der Waals surface area contributed by atoms with E-state index in [-0.39, 0.29) is 12.2 Å². The highest BCUT2D eigenvalue weighted by atomic mass is 32.2. The number of hydrogen-bond acceptors (Lipinski definition) is 7. The van der Waals surface area contributed by atoms with Crippen LogP contribution in [-0.2, 0) is 27.5 Å². The minimum absolute atomic E-state index is 0.0259. The molecule has 36 heavy (non-hydrogen) atoms. The molecular weight excluding hydrogens is 501 g/mol. The van der Waals surface area contributed by atoms with Crippen molar-refractivity contribution in [3.05, 3.63) is 83.4 Å². The predicted octanol–water partition coefficient (Wildman–Crippen LogP) is 4.18. The Balaban J connectivity index is 1.84. The number of nitrogens with one attached hydrogen (secondary N) is 1. The van der Waals surface area contributed by atoms with Gasteiger partial charge < -0.3 is 13.7 Å². The molecule has 12 heteroatoms. The van der Waals surface area contributed by atoms with Crippen LogP contribution in [0.4, 0.5) is 13.2 Å². The Hall–Kier alpha value is -4.06. The van der Waals surface area contributed by atoms with Crippen molar-refractivity contribution in [1.82, 2.24) is 5.43 Å². The predicted molar refractivity (Wildman–Crippen MR) is 125 cm³/mol. The van der Waals surface area contributed by atoms with Crippen molar-refractivity contribution in [2.24, 2.45) is 5.10 Å². The van der Waals surface area contributed by atoms with Gasteiger partial charge in [-0.1, -0.05) is 24.3 Å². The van der Waals surface area contributed by atoms with Crippen molar-refractivity contribution in [2.45, 2.75) is 17.5 Å². The van der Waals surface area contributed by atoms with Crippen LogP contribution in [0.3, 0.4) is 0 Å². The number of methoxy groups -OCH3 is 2. The number of carbonyl (C=O) groups is 1. The molecule has 3 rings (SSSR count). The van der Waals surface area contributed by atoms with E-state index >= 15 is 0 Å². The van der Waals surface area contributed by atoms with Gasteiger partial charge in [0.2, 0.25) is 5.91 Å². The Labute approximate surface area is 205 Å². The topological polar surface area (TPSA) is 103 Å². The number of para-hydroxylation sites is 1. The summed E-state index contributed by atoms with van der Waals surface area (Å²) in [5.74, 6) is 0.261. The lowest BCUT2D eigenvalue weighted by Crippen LogP contribution is -2.20. The largest absolute Gasteiger partial charge is 0.497 e. The van der Waals surface area contributed by atoms with Crippen LogP contribution in [0, 0.1) is 0 Å². The molecule has 0 radical (unpaired) electrons. The van der Waals surface area contributed by atoms with Crippen molar-refractivity contribution in [1.29, 1.82) is 0 Å². The number of ether oxygens (including phenoxy) is 2. The maximum atomic E-state index is 13.2. The molecule has 0 fully saturated rings. The van der Waals surface area contributed by atoms with Gasteiger partial charge in [0, 0.05) is 17.2 Å². The molecule has 0 aromatic heterocycles. The lowest BCUT2D eigenvalue weighted by Gasteiger charge is -2.12. The number of amides is 1. The van der Waals surface area contributed by atoms with Crippen LogP contribution in [0.5, 0.6) is 17.2 Å². The molecule has 0 heterocycles. The molecule has 0 unspecified atom stereocenters. The first-order valence-corrected chi connectivity index (χ1v) is 11.7. The van der Waals surface area contributed by atoms with Crippen molar-refractivity contribution >= 4 is 22.2 Å². The SMILES string of the molecule is COc1ccc(CC(=O)NN=Cc2cc(C(F)(F)F)ccc2S(=O)(=O)Oc2ccccc2)c(OC)c1. The summed E-state index contributed by atoms with van der Waals surface area (Å²) >= 11 is 0. The number of hydrazone groups is 1. The Morgan fingerprint density at radius 1 is 0.972 bits per heavy atom. The normalized spacial score (nSPS) is 11.8. The average Bonchev–Trinajstić information content (AvgIpc) is 2.84. The van der Waals surface area contributed by atoms with Crippen molar-refractivity contribution in [3.8, 4) is 17.2 Å². The van der Waals surface area contributed by atoms with E-state index in [0.717, 1.165) is 12.3 Å². The third-order valence-electron chi connectivity index (χ3n) is 4.79. The van der Waals surface area contributed by atoms with Gasteiger partial charge in [-0.05, 0) is 36.4 Å². The smallest absolute Gasteiger partial charge is 0.416 e. The van der Waals surface area contributed by atoms with Crippen LogP contribution in [-0.4, -0.2) is 34.8 Å². The minimum atomic E-state index is -4.74. The first kappa shape index (κ1) is 26.5. The Kier molecular flexibility index (Phi) is 8.20. The highest BCUT2D eigenvalue weighted by Crippen LogP contribution is 2.32. The van der Waals surface area contributed by atoms with Gasteiger partial charge in [0.25, 0.3) is 0 Å². The fraction of sp³-hybridized carbons (Fsp3) is 0.167. The van der Waals surface area contributed by atoms with Crippen LogP contribution < -0.4 is 19.1 Å². The van der Waals surface area contributed by atoms with Crippen LogP contribution in [0.25, 0.3) is 0 Å². The second kappa shape index (κ2) is 11.1. The Bertz CT molecular complexity index is 1360. The molecule has 0 saturated carbocycles.